The van der Waals surface area contributed by atoms with Crippen LogP contribution in [0.15, 0.2) is 35.5 Å². The molecule has 3 aromatic rings. The highest BCUT2D eigenvalue weighted by Gasteiger charge is 2.44. The minimum absolute atomic E-state index is 0.0722. The second-order valence-electron chi connectivity index (χ2n) is 7.86. The first-order valence-corrected chi connectivity index (χ1v) is 11.5. The molecule has 1 aliphatic heterocycles. The quantitative estimate of drug-likeness (QED) is 0.119. The first-order chi connectivity index (χ1) is 18.3. The molecule has 16 nitrogen and oxygen atoms in total. The van der Waals surface area contributed by atoms with E-state index in [2.05, 4.69) is 25.0 Å². The maximum Gasteiger partial charge on any atom is 0.342 e. The maximum absolute atomic E-state index is 12.1. The van der Waals surface area contributed by atoms with E-state index in [0.717, 1.165) is 6.21 Å². The monoisotopic (exact) mass is 531 g/mol. The van der Waals surface area contributed by atoms with Gasteiger partial charge in [-0.25, -0.2) is 24.2 Å². The summed E-state index contributed by atoms with van der Waals surface area (Å²) in [6.07, 6.45) is 0.369. The molecule has 3 aromatic heterocycles. The van der Waals surface area contributed by atoms with Crippen molar-refractivity contribution in [3.8, 4) is 5.95 Å². The molecule has 16 heteroatoms. The summed E-state index contributed by atoms with van der Waals surface area (Å²) in [5.41, 5.74) is 0.0367. The smallest absolute Gasteiger partial charge is 0.342 e. The Morgan fingerprint density at radius 3 is 2.61 bits per heavy atom. The van der Waals surface area contributed by atoms with E-state index in [9.17, 15) is 30.0 Å². The molecule has 0 spiro atoms. The lowest BCUT2D eigenvalue weighted by Gasteiger charge is -2.16. The van der Waals surface area contributed by atoms with E-state index in [-0.39, 0.29) is 47.3 Å². The van der Waals surface area contributed by atoms with Crippen molar-refractivity contribution in [1.82, 2.24) is 29.3 Å². The molecule has 4 heterocycles. The minimum atomic E-state index is -1.43. The van der Waals surface area contributed by atoms with Gasteiger partial charge in [0.05, 0.1) is 44.2 Å². The largest absolute Gasteiger partial charge is 0.515 e. The summed E-state index contributed by atoms with van der Waals surface area (Å²) >= 11 is 0. The standard InChI is InChI=1S/C22H25N7O9/c1-3-36-20(34)11-6-25-29(7-11)22-26-17(23-5-12(8-30)21(35)37-4-2)14-18(27-22)28(10-24-14)19-16(33)15(32)13(9-31)38-19/h5-8,10,13,15-16,19,30-33H,3-4,9H2,1-2H3/b12-8-,23-5+/t13-,15-,16-,19-/m1/s1. The summed E-state index contributed by atoms with van der Waals surface area (Å²) < 4.78 is 17.9. The third-order valence-corrected chi connectivity index (χ3v) is 5.46. The number of esters is 2. The van der Waals surface area contributed by atoms with Gasteiger partial charge in [0.25, 0.3) is 5.95 Å². The number of aromatic nitrogens is 6. The lowest BCUT2D eigenvalue weighted by Crippen LogP contribution is -2.33. The topological polar surface area (TPSA) is 217 Å². The third kappa shape index (κ3) is 5.10. The fourth-order valence-electron chi connectivity index (χ4n) is 3.61. The Labute approximate surface area is 214 Å². The van der Waals surface area contributed by atoms with Gasteiger partial charge >= 0.3 is 11.9 Å². The molecule has 4 rings (SSSR count). The number of hydrogen-bond donors (Lipinski definition) is 4. The first-order valence-electron chi connectivity index (χ1n) is 11.5. The van der Waals surface area contributed by atoms with Gasteiger partial charge in [0.1, 0.15) is 23.9 Å². The summed E-state index contributed by atoms with van der Waals surface area (Å²) in [4.78, 5) is 41.3. The number of carbonyl (C=O) groups excluding carboxylic acids is 2. The van der Waals surface area contributed by atoms with Gasteiger partial charge in [-0.15, -0.1) is 0 Å². The Hall–Kier alpha value is -4.25. The average molecular weight is 531 g/mol. The van der Waals surface area contributed by atoms with Crippen LogP contribution in [0, 0.1) is 0 Å². The van der Waals surface area contributed by atoms with Crippen molar-refractivity contribution < 1.29 is 44.2 Å². The number of aliphatic hydroxyl groups is 4. The second-order valence-corrected chi connectivity index (χ2v) is 7.86. The molecule has 0 saturated carbocycles. The number of nitrogens with zero attached hydrogens (tertiary/aromatic N) is 7. The van der Waals surface area contributed by atoms with Crippen LogP contribution in [0.2, 0.25) is 0 Å². The van der Waals surface area contributed by atoms with Gasteiger partial charge in [0, 0.05) is 12.4 Å². The number of aliphatic imine (C=N–C) groups is 1. The van der Waals surface area contributed by atoms with Crippen molar-refractivity contribution in [1.29, 1.82) is 0 Å². The summed E-state index contributed by atoms with van der Waals surface area (Å²) in [5, 5.41) is 43.7. The highest BCUT2D eigenvalue weighted by molar-refractivity contribution is 6.10. The van der Waals surface area contributed by atoms with Crippen molar-refractivity contribution in [3.63, 3.8) is 0 Å². The number of hydrogen-bond acceptors (Lipinski definition) is 14. The molecule has 4 atom stereocenters. The number of aliphatic hydroxyl groups excluding tert-OH is 4. The molecule has 0 aliphatic carbocycles. The van der Waals surface area contributed by atoms with Crippen LogP contribution in [-0.4, -0.2) is 106 Å². The number of ether oxygens (including phenoxy) is 3. The Kier molecular flexibility index (Phi) is 8.06. The fourth-order valence-corrected chi connectivity index (χ4v) is 3.61. The zero-order valence-electron chi connectivity index (χ0n) is 20.3. The van der Waals surface area contributed by atoms with Crippen molar-refractivity contribution in [2.24, 2.45) is 4.99 Å². The predicted octanol–water partition coefficient (Wildman–Crippen LogP) is -0.492. The summed E-state index contributed by atoms with van der Waals surface area (Å²) in [5.74, 6) is -1.60. The van der Waals surface area contributed by atoms with Crippen molar-refractivity contribution in [2.75, 3.05) is 19.8 Å². The van der Waals surface area contributed by atoms with Gasteiger partial charge in [0.2, 0.25) is 0 Å². The Morgan fingerprint density at radius 2 is 1.95 bits per heavy atom. The Bertz CT molecular complexity index is 1380. The average Bonchev–Trinajstić information content (AvgIpc) is 3.63. The number of imidazole rings is 1. The normalized spacial score (nSPS) is 21.9. The SMILES string of the molecule is CCOC(=O)C(=C\O)/C=N/c1nc(-n2cc(C(=O)OCC)cn2)nc2c1ncn2[C@@H]1O[C@H](CO)[C@@H](O)[C@H]1O. The highest BCUT2D eigenvalue weighted by Crippen LogP contribution is 2.33. The lowest BCUT2D eigenvalue weighted by atomic mass is 10.1. The van der Waals surface area contributed by atoms with Crippen LogP contribution < -0.4 is 0 Å². The van der Waals surface area contributed by atoms with E-state index in [1.54, 1.807) is 13.8 Å². The van der Waals surface area contributed by atoms with Gasteiger partial charge in [-0.05, 0) is 13.8 Å². The number of fused-ring (bicyclic) bond motifs is 1. The summed E-state index contributed by atoms with van der Waals surface area (Å²) in [6.45, 7) is 2.96. The molecule has 1 aliphatic rings. The minimum Gasteiger partial charge on any atom is -0.515 e. The van der Waals surface area contributed by atoms with E-state index in [1.807, 2.05) is 0 Å². The third-order valence-electron chi connectivity index (χ3n) is 5.46. The molecule has 0 bridgehead atoms. The van der Waals surface area contributed by atoms with Crippen molar-refractivity contribution >= 4 is 35.1 Å². The van der Waals surface area contributed by atoms with Crippen LogP contribution in [0.25, 0.3) is 17.1 Å². The van der Waals surface area contributed by atoms with E-state index >= 15 is 0 Å². The molecule has 202 valence electrons. The molecule has 0 unspecified atom stereocenters. The highest BCUT2D eigenvalue weighted by atomic mass is 16.6. The van der Waals surface area contributed by atoms with Gasteiger partial charge < -0.3 is 34.6 Å². The molecular formula is C22H25N7O9. The van der Waals surface area contributed by atoms with Crippen LogP contribution >= 0.6 is 0 Å². The molecule has 0 amide bonds. The molecule has 0 aromatic carbocycles. The number of rotatable bonds is 9. The van der Waals surface area contributed by atoms with E-state index in [4.69, 9.17) is 14.2 Å². The van der Waals surface area contributed by atoms with Gasteiger partial charge in [-0.1, -0.05) is 0 Å². The van der Waals surface area contributed by atoms with E-state index in [0.29, 0.717) is 6.26 Å². The van der Waals surface area contributed by atoms with Gasteiger partial charge in [-0.3, -0.25) is 4.57 Å². The molecule has 4 N–H and O–H groups in total. The maximum atomic E-state index is 12.1. The number of carbonyl (C=O) groups is 2. The fraction of sp³-hybridized carbons (Fsp3) is 0.409. The predicted molar refractivity (Wildman–Crippen MR) is 127 cm³/mol. The molecule has 1 saturated heterocycles. The van der Waals surface area contributed by atoms with Crippen LogP contribution in [-0.2, 0) is 19.0 Å². The van der Waals surface area contributed by atoms with Crippen molar-refractivity contribution in [3.05, 3.63) is 36.1 Å². The molecule has 1 fully saturated rings. The van der Waals surface area contributed by atoms with Crippen molar-refractivity contribution in [2.45, 2.75) is 38.4 Å². The van der Waals surface area contributed by atoms with E-state index in [1.165, 1.54) is 28.0 Å². The Balaban J connectivity index is 1.82. The first kappa shape index (κ1) is 26.8. The zero-order valence-corrected chi connectivity index (χ0v) is 20.3. The zero-order chi connectivity index (χ0) is 27.4. The lowest BCUT2D eigenvalue weighted by molar-refractivity contribution is -0.137. The molecular weight excluding hydrogens is 506 g/mol. The molecule has 0 radical (unpaired) electrons. The van der Waals surface area contributed by atoms with Gasteiger partial charge in [0.15, 0.2) is 23.2 Å². The van der Waals surface area contributed by atoms with E-state index < -0.39 is 43.1 Å². The van der Waals surface area contributed by atoms with Crippen LogP contribution in [0.1, 0.15) is 30.4 Å². The summed E-state index contributed by atoms with van der Waals surface area (Å²) in [7, 11) is 0. The molecule has 38 heavy (non-hydrogen) atoms. The van der Waals surface area contributed by atoms with Crippen LogP contribution in [0.5, 0.6) is 0 Å². The Morgan fingerprint density at radius 1 is 1.18 bits per heavy atom. The summed E-state index contributed by atoms with van der Waals surface area (Å²) in [6, 6.07) is 0. The van der Waals surface area contributed by atoms with Gasteiger partial charge in [-0.2, -0.15) is 15.1 Å². The van der Waals surface area contributed by atoms with Crippen LogP contribution in [0.4, 0.5) is 5.82 Å². The van der Waals surface area contributed by atoms with Crippen LogP contribution in [0.3, 0.4) is 0 Å². The second kappa shape index (κ2) is 11.4.